The molecule has 0 aliphatic rings. The lowest BCUT2D eigenvalue weighted by molar-refractivity contribution is 0.336. The van der Waals surface area contributed by atoms with Crippen molar-refractivity contribution in [3.8, 4) is 5.75 Å². The number of aromatic nitrogens is 1. The Hall–Kier alpha value is -2.54. The van der Waals surface area contributed by atoms with Crippen LogP contribution in [0.3, 0.4) is 0 Å². The largest absolute Gasteiger partial charge is 0.490 e. The van der Waals surface area contributed by atoms with Crippen molar-refractivity contribution in [1.82, 2.24) is 15.6 Å². The summed E-state index contributed by atoms with van der Waals surface area (Å²) in [4.78, 5) is 9.92. The fraction of sp³-hybridized carbons (Fsp3) is 0.400. The Morgan fingerprint density at radius 2 is 2.26 bits per heavy atom. The number of ether oxygens (including phenoxy) is 1. The summed E-state index contributed by atoms with van der Waals surface area (Å²) in [5.41, 5.74) is 0.782. The van der Waals surface area contributed by atoms with E-state index in [9.17, 15) is 0 Å². The smallest absolute Gasteiger partial charge is 0.191 e. The van der Waals surface area contributed by atoms with Gasteiger partial charge in [-0.3, -0.25) is 4.99 Å². The predicted molar refractivity (Wildman–Crippen MR) is 111 cm³/mol. The van der Waals surface area contributed by atoms with Gasteiger partial charge in [-0.15, -0.1) is 11.3 Å². The van der Waals surface area contributed by atoms with Crippen LogP contribution in [-0.4, -0.2) is 31.1 Å². The van der Waals surface area contributed by atoms with Crippen LogP contribution in [0.15, 0.2) is 39.9 Å². The predicted octanol–water partition coefficient (Wildman–Crippen LogP) is 4.07. The summed E-state index contributed by atoms with van der Waals surface area (Å²) in [6.07, 6.45) is 2.78. The molecule has 6 nitrogen and oxygen atoms in total. The maximum Gasteiger partial charge on any atom is 0.191 e. The number of nitrogens with one attached hydrogen (secondary N) is 2. The van der Waals surface area contributed by atoms with Gasteiger partial charge in [-0.25, -0.2) is 4.98 Å². The fourth-order valence-corrected chi connectivity index (χ4v) is 3.60. The van der Waals surface area contributed by atoms with E-state index >= 15 is 0 Å². The number of fused-ring (bicyclic) bond motifs is 1. The second-order valence-corrected chi connectivity index (χ2v) is 7.56. The molecular formula is C20H26N4O2S. The first-order valence-corrected chi connectivity index (χ1v) is 9.96. The van der Waals surface area contributed by atoms with Crippen molar-refractivity contribution >= 4 is 28.3 Å². The average Bonchev–Trinajstić information content (AvgIpc) is 3.28. The first-order valence-electron chi connectivity index (χ1n) is 9.14. The molecule has 2 N–H and O–H groups in total. The zero-order chi connectivity index (χ0) is 19.2. The standard InChI is InChI=1S/C20H26N4O2S/c1-5-25-16-8-6-7-15-11-17(26-19(15)16)14(3)24-20(21-4)22-10-9-18-23-12-13(2)27-18/h6-8,11-12,14H,5,9-10H2,1-4H3,(H2,21,22,24). The van der Waals surface area contributed by atoms with Gasteiger partial charge in [0.05, 0.1) is 17.7 Å². The first kappa shape index (κ1) is 19.2. The lowest BCUT2D eigenvalue weighted by atomic mass is 10.2. The Morgan fingerprint density at radius 3 is 2.96 bits per heavy atom. The summed E-state index contributed by atoms with van der Waals surface area (Å²) in [5.74, 6) is 2.35. The van der Waals surface area contributed by atoms with Crippen molar-refractivity contribution in [3.05, 3.63) is 46.1 Å². The minimum Gasteiger partial charge on any atom is -0.490 e. The highest BCUT2D eigenvalue weighted by Crippen LogP contribution is 2.31. The highest BCUT2D eigenvalue weighted by Gasteiger charge is 2.15. The third-order valence-electron chi connectivity index (χ3n) is 4.13. The van der Waals surface area contributed by atoms with Gasteiger partial charge in [-0.2, -0.15) is 0 Å². The van der Waals surface area contributed by atoms with E-state index in [0.29, 0.717) is 6.61 Å². The lowest BCUT2D eigenvalue weighted by Crippen LogP contribution is -2.39. The van der Waals surface area contributed by atoms with E-state index in [4.69, 9.17) is 9.15 Å². The van der Waals surface area contributed by atoms with Crippen LogP contribution in [0, 0.1) is 6.92 Å². The van der Waals surface area contributed by atoms with Crippen LogP contribution >= 0.6 is 11.3 Å². The third-order valence-corrected chi connectivity index (χ3v) is 5.10. The van der Waals surface area contributed by atoms with Crippen LogP contribution < -0.4 is 15.4 Å². The van der Waals surface area contributed by atoms with Gasteiger partial charge in [0.1, 0.15) is 5.76 Å². The average molecular weight is 387 g/mol. The van der Waals surface area contributed by atoms with Gasteiger partial charge >= 0.3 is 0 Å². The summed E-state index contributed by atoms with van der Waals surface area (Å²) < 4.78 is 11.7. The van der Waals surface area contributed by atoms with E-state index in [1.54, 1.807) is 18.4 Å². The second kappa shape index (κ2) is 8.90. The Balaban J connectivity index is 1.61. The Morgan fingerprint density at radius 1 is 1.41 bits per heavy atom. The van der Waals surface area contributed by atoms with E-state index < -0.39 is 0 Å². The highest BCUT2D eigenvalue weighted by atomic mass is 32.1. The maximum atomic E-state index is 6.06. The van der Waals surface area contributed by atoms with Crippen molar-refractivity contribution in [2.45, 2.75) is 33.2 Å². The molecule has 0 bridgehead atoms. The SMILES string of the molecule is CCOc1cccc2cc(C(C)NC(=NC)NCCc3ncc(C)s3)oc12. The van der Waals surface area contributed by atoms with Crippen LogP contribution in [0.1, 0.15) is 35.5 Å². The Labute approximate surface area is 163 Å². The van der Waals surface area contributed by atoms with Gasteiger partial charge in [0.15, 0.2) is 17.3 Å². The first-order chi connectivity index (χ1) is 13.1. The molecule has 3 aromatic rings. The number of furan rings is 1. The van der Waals surface area contributed by atoms with Gasteiger partial charge in [-0.1, -0.05) is 12.1 Å². The molecule has 1 aromatic carbocycles. The summed E-state index contributed by atoms with van der Waals surface area (Å²) in [6, 6.07) is 7.95. The van der Waals surface area contributed by atoms with E-state index in [-0.39, 0.29) is 6.04 Å². The number of nitrogens with zero attached hydrogens (tertiary/aromatic N) is 2. The van der Waals surface area contributed by atoms with Crippen LogP contribution in [0.4, 0.5) is 0 Å². The van der Waals surface area contributed by atoms with Crippen LogP contribution in [0.5, 0.6) is 5.75 Å². The molecule has 1 atom stereocenters. The van der Waals surface area contributed by atoms with Gasteiger partial charge in [0, 0.05) is 36.5 Å². The van der Waals surface area contributed by atoms with E-state index in [1.165, 1.54) is 4.88 Å². The van der Waals surface area contributed by atoms with Crippen molar-refractivity contribution < 1.29 is 9.15 Å². The number of para-hydroxylation sites is 1. The maximum absolute atomic E-state index is 6.06. The summed E-state index contributed by atoms with van der Waals surface area (Å²) in [6.45, 7) is 7.47. The molecule has 1 unspecified atom stereocenters. The summed E-state index contributed by atoms with van der Waals surface area (Å²) >= 11 is 1.73. The highest BCUT2D eigenvalue weighted by molar-refractivity contribution is 7.11. The molecule has 27 heavy (non-hydrogen) atoms. The van der Waals surface area contributed by atoms with Crippen molar-refractivity contribution in [3.63, 3.8) is 0 Å². The summed E-state index contributed by atoms with van der Waals surface area (Å²) in [7, 11) is 1.77. The van der Waals surface area contributed by atoms with Gasteiger partial charge in [0.25, 0.3) is 0 Å². The zero-order valence-corrected chi connectivity index (χ0v) is 17.0. The van der Waals surface area contributed by atoms with Gasteiger partial charge < -0.3 is 19.8 Å². The van der Waals surface area contributed by atoms with Crippen LogP contribution in [0.25, 0.3) is 11.0 Å². The molecule has 0 saturated carbocycles. The number of hydrogen-bond acceptors (Lipinski definition) is 5. The van der Waals surface area contributed by atoms with E-state index in [2.05, 4.69) is 34.5 Å². The fourth-order valence-electron chi connectivity index (χ4n) is 2.81. The normalized spacial score (nSPS) is 13.0. The molecule has 0 aliphatic heterocycles. The molecule has 3 rings (SSSR count). The minimum atomic E-state index is -0.0276. The van der Waals surface area contributed by atoms with Gasteiger partial charge in [0.2, 0.25) is 0 Å². The minimum absolute atomic E-state index is 0.0276. The van der Waals surface area contributed by atoms with Crippen LogP contribution in [-0.2, 0) is 6.42 Å². The molecule has 0 spiro atoms. The Bertz CT molecular complexity index is 916. The molecule has 0 aliphatic carbocycles. The molecule has 0 amide bonds. The molecule has 2 heterocycles. The number of rotatable bonds is 7. The topological polar surface area (TPSA) is 71.7 Å². The molecule has 0 radical (unpaired) electrons. The molecule has 2 aromatic heterocycles. The van der Waals surface area contributed by atoms with Crippen molar-refractivity contribution in [1.29, 1.82) is 0 Å². The monoisotopic (exact) mass is 386 g/mol. The number of thiazole rings is 1. The quantitative estimate of drug-likeness (QED) is 0.473. The number of aliphatic imine (C=N–C) groups is 1. The number of guanidine groups is 1. The molecular weight excluding hydrogens is 360 g/mol. The van der Waals surface area contributed by atoms with Gasteiger partial charge in [-0.05, 0) is 32.9 Å². The Kier molecular flexibility index (Phi) is 6.34. The van der Waals surface area contributed by atoms with E-state index in [1.807, 2.05) is 37.4 Å². The number of benzene rings is 1. The zero-order valence-electron chi connectivity index (χ0n) is 16.2. The molecule has 0 fully saturated rings. The third kappa shape index (κ3) is 4.80. The van der Waals surface area contributed by atoms with E-state index in [0.717, 1.165) is 46.4 Å². The molecule has 7 heteroatoms. The lowest BCUT2D eigenvalue weighted by Gasteiger charge is -2.16. The summed E-state index contributed by atoms with van der Waals surface area (Å²) in [5, 5.41) is 8.87. The molecule has 0 saturated heterocycles. The molecule has 144 valence electrons. The number of aryl methyl sites for hydroxylation is 1. The number of hydrogen-bond donors (Lipinski definition) is 2. The van der Waals surface area contributed by atoms with Crippen molar-refractivity contribution in [2.24, 2.45) is 4.99 Å². The van der Waals surface area contributed by atoms with Crippen LogP contribution in [0.2, 0.25) is 0 Å². The van der Waals surface area contributed by atoms with Crippen molar-refractivity contribution in [2.75, 3.05) is 20.2 Å². The second-order valence-electron chi connectivity index (χ2n) is 6.24.